The minimum Gasteiger partial charge on any atom is -0.506 e. The average Bonchev–Trinajstić information content (AvgIpc) is 2.81. The SMILES string of the molecule is CC1CC1c1noc(-c2cncc(O)c2)n1. The van der Waals surface area contributed by atoms with Gasteiger partial charge in [-0.25, -0.2) is 0 Å². The van der Waals surface area contributed by atoms with Crippen LogP contribution in [0.1, 0.15) is 25.1 Å². The first-order valence-electron chi connectivity index (χ1n) is 5.22. The molecule has 2 atom stereocenters. The first-order valence-corrected chi connectivity index (χ1v) is 5.22. The molecule has 0 saturated heterocycles. The molecule has 0 aliphatic heterocycles. The molecule has 3 rings (SSSR count). The lowest BCUT2D eigenvalue weighted by atomic mass is 10.3. The molecule has 1 aliphatic carbocycles. The zero-order valence-electron chi connectivity index (χ0n) is 8.79. The molecule has 2 heterocycles. The Bertz CT molecular complexity index is 523. The molecule has 82 valence electrons. The summed E-state index contributed by atoms with van der Waals surface area (Å²) in [6, 6.07) is 1.56. The second-order valence-electron chi connectivity index (χ2n) is 4.21. The van der Waals surface area contributed by atoms with Crippen molar-refractivity contribution in [1.29, 1.82) is 0 Å². The maximum absolute atomic E-state index is 9.29. The van der Waals surface area contributed by atoms with Gasteiger partial charge in [0.25, 0.3) is 5.89 Å². The molecule has 0 spiro atoms. The third-order valence-electron chi connectivity index (χ3n) is 2.85. The molecule has 16 heavy (non-hydrogen) atoms. The minimum absolute atomic E-state index is 0.0945. The average molecular weight is 217 g/mol. The van der Waals surface area contributed by atoms with E-state index in [1.165, 1.54) is 6.20 Å². The predicted octanol–water partition coefficient (Wildman–Crippen LogP) is 1.96. The Labute approximate surface area is 92.1 Å². The van der Waals surface area contributed by atoms with Gasteiger partial charge in [-0.3, -0.25) is 4.98 Å². The highest BCUT2D eigenvalue weighted by molar-refractivity contribution is 5.53. The van der Waals surface area contributed by atoms with E-state index in [4.69, 9.17) is 4.52 Å². The van der Waals surface area contributed by atoms with Crippen molar-refractivity contribution in [3.63, 3.8) is 0 Å². The molecule has 0 aromatic carbocycles. The van der Waals surface area contributed by atoms with E-state index in [2.05, 4.69) is 22.0 Å². The second kappa shape index (κ2) is 3.30. The van der Waals surface area contributed by atoms with Crippen molar-refractivity contribution in [2.24, 2.45) is 5.92 Å². The standard InChI is InChI=1S/C11H11N3O2/c1-6-2-9(6)10-13-11(16-14-10)7-3-8(15)5-12-4-7/h3-6,9,15H,2H2,1H3. The van der Waals surface area contributed by atoms with Crippen LogP contribution >= 0.6 is 0 Å². The lowest BCUT2D eigenvalue weighted by molar-refractivity contribution is 0.421. The van der Waals surface area contributed by atoms with E-state index in [0.717, 1.165) is 12.2 Å². The fraction of sp³-hybridized carbons (Fsp3) is 0.364. The number of hydrogen-bond acceptors (Lipinski definition) is 5. The van der Waals surface area contributed by atoms with Gasteiger partial charge in [-0.05, 0) is 18.4 Å². The van der Waals surface area contributed by atoms with Crippen LogP contribution in [-0.2, 0) is 0 Å². The summed E-state index contributed by atoms with van der Waals surface area (Å²) in [5.41, 5.74) is 0.645. The fourth-order valence-electron chi connectivity index (χ4n) is 1.73. The zero-order valence-corrected chi connectivity index (χ0v) is 8.79. The molecule has 1 saturated carbocycles. The van der Waals surface area contributed by atoms with Crippen LogP contribution in [0.25, 0.3) is 11.5 Å². The molecule has 0 radical (unpaired) electrons. The molecule has 2 aromatic rings. The van der Waals surface area contributed by atoms with E-state index in [0.29, 0.717) is 23.3 Å². The van der Waals surface area contributed by atoms with Crippen molar-refractivity contribution in [2.45, 2.75) is 19.3 Å². The van der Waals surface area contributed by atoms with Crippen LogP contribution in [0.3, 0.4) is 0 Å². The Balaban J connectivity index is 1.92. The number of aromatic hydroxyl groups is 1. The van der Waals surface area contributed by atoms with Crippen molar-refractivity contribution in [1.82, 2.24) is 15.1 Å². The third kappa shape index (κ3) is 1.54. The van der Waals surface area contributed by atoms with E-state index in [-0.39, 0.29) is 5.75 Å². The summed E-state index contributed by atoms with van der Waals surface area (Å²) in [6.07, 6.45) is 4.08. The number of nitrogens with zero attached hydrogens (tertiary/aromatic N) is 3. The molecule has 1 N–H and O–H groups in total. The van der Waals surface area contributed by atoms with Gasteiger partial charge in [-0.15, -0.1) is 0 Å². The van der Waals surface area contributed by atoms with E-state index in [9.17, 15) is 5.11 Å². The van der Waals surface area contributed by atoms with Gasteiger partial charge in [0.05, 0.1) is 11.8 Å². The summed E-state index contributed by atoms with van der Waals surface area (Å²) >= 11 is 0. The van der Waals surface area contributed by atoms with Gasteiger partial charge in [-0.2, -0.15) is 4.98 Å². The number of pyridine rings is 1. The summed E-state index contributed by atoms with van der Waals surface area (Å²) in [5, 5.41) is 13.2. The molecule has 2 unspecified atom stereocenters. The molecule has 0 amide bonds. The number of hydrogen-bond donors (Lipinski definition) is 1. The Morgan fingerprint density at radius 2 is 2.25 bits per heavy atom. The highest BCUT2D eigenvalue weighted by Crippen LogP contribution is 2.45. The smallest absolute Gasteiger partial charge is 0.259 e. The first-order chi connectivity index (χ1) is 7.74. The second-order valence-corrected chi connectivity index (χ2v) is 4.21. The summed E-state index contributed by atoms with van der Waals surface area (Å²) in [7, 11) is 0. The van der Waals surface area contributed by atoms with Gasteiger partial charge in [0, 0.05) is 12.1 Å². The van der Waals surface area contributed by atoms with Crippen LogP contribution in [-0.4, -0.2) is 20.2 Å². The minimum atomic E-state index is 0.0945. The van der Waals surface area contributed by atoms with Gasteiger partial charge in [0.1, 0.15) is 5.75 Å². The normalized spacial score (nSPS) is 23.3. The number of aromatic nitrogens is 3. The highest BCUT2D eigenvalue weighted by atomic mass is 16.5. The van der Waals surface area contributed by atoms with Crippen molar-refractivity contribution in [3.05, 3.63) is 24.3 Å². The van der Waals surface area contributed by atoms with Gasteiger partial charge in [0.15, 0.2) is 5.82 Å². The summed E-state index contributed by atoms with van der Waals surface area (Å²) < 4.78 is 5.14. The van der Waals surface area contributed by atoms with E-state index >= 15 is 0 Å². The van der Waals surface area contributed by atoms with Gasteiger partial charge in [0.2, 0.25) is 0 Å². The Hall–Kier alpha value is -1.91. The van der Waals surface area contributed by atoms with Crippen molar-refractivity contribution in [3.8, 4) is 17.2 Å². The lowest BCUT2D eigenvalue weighted by Gasteiger charge is -1.93. The first kappa shape index (κ1) is 9.33. The summed E-state index contributed by atoms with van der Waals surface area (Å²) in [4.78, 5) is 8.17. The summed E-state index contributed by atoms with van der Waals surface area (Å²) in [5.74, 6) is 2.34. The summed E-state index contributed by atoms with van der Waals surface area (Å²) in [6.45, 7) is 2.16. The maximum Gasteiger partial charge on any atom is 0.259 e. The molecule has 2 aromatic heterocycles. The largest absolute Gasteiger partial charge is 0.506 e. The van der Waals surface area contributed by atoms with Crippen LogP contribution in [0.5, 0.6) is 5.75 Å². The van der Waals surface area contributed by atoms with Crippen molar-refractivity contribution in [2.75, 3.05) is 0 Å². The van der Waals surface area contributed by atoms with Crippen LogP contribution in [0.2, 0.25) is 0 Å². The van der Waals surface area contributed by atoms with Crippen molar-refractivity contribution >= 4 is 0 Å². The van der Waals surface area contributed by atoms with Gasteiger partial charge >= 0.3 is 0 Å². The molecule has 1 aliphatic rings. The molecular weight excluding hydrogens is 206 g/mol. The van der Waals surface area contributed by atoms with E-state index in [1.807, 2.05) is 0 Å². The van der Waals surface area contributed by atoms with Gasteiger partial charge < -0.3 is 9.63 Å². The Kier molecular flexibility index (Phi) is 1.92. The highest BCUT2D eigenvalue weighted by Gasteiger charge is 2.38. The molecule has 1 fully saturated rings. The Morgan fingerprint density at radius 1 is 1.44 bits per heavy atom. The Morgan fingerprint density at radius 3 is 2.94 bits per heavy atom. The van der Waals surface area contributed by atoms with E-state index in [1.54, 1.807) is 12.3 Å². The molecular formula is C11H11N3O2. The monoisotopic (exact) mass is 217 g/mol. The fourth-order valence-corrected chi connectivity index (χ4v) is 1.73. The topological polar surface area (TPSA) is 72.0 Å². The van der Waals surface area contributed by atoms with Crippen molar-refractivity contribution < 1.29 is 9.63 Å². The van der Waals surface area contributed by atoms with Gasteiger partial charge in [-0.1, -0.05) is 12.1 Å². The third-order valence-corrected chi connectivity index (χ3v) is 2.85. The van der Waals surface area contributed by atoms with Crippen LogP contribution in [0.4, 0.5) is 0 Å². The lowest BCUT2D eigenvalue weighted by Crippen LogP contribution is -1.84. The zero-order chi connectivity index (χ0) is 11.1. The van der Waals surface area contributed by atoms with Crippen LogP contribution < -0.4 is 0 Å². The maximum atomic E-state index is 9.29. The van der Waals surface area contributed by atoms with Crippen LogP contribution in [0.15, 0.2) is 23.0 Å². The van der Waals surface area contributed by atoms with E-state index < -0.39 is 0 Å². The quantitative estimate of drug-likeness (QED) is 0.832. The molecule has 5 heteroatoms. The predicted molar refractivity (Wildman–Crippen MR) is 55.7 cm³/mol. The molecule has 5 nitrogen and oxygen atoms in total. The van der Waals surface area contributed by atoms with Crippen LogP contribution in [0, 0.1) is 5.92 Å². The number of rotatable bonds is 2. The molecule has 0 bridgehead atoms.